The van der Waals surface area contributed by atoms with Crippen molar-refractivity contribution in [2.75, 3.05) is 31.1 Å². The number of aryl methyl sites for hydroxylation is 2. The van der Waals surface area contributed by atoms with Gasteiger partial charge in [0.05, 0.1) is 5.56 Å². The van der Waals surface area contributed by atoms with E-state index in [1.807, 2.05) is 49.1 Å². The number of benzene rings is 1. The molecule has 0 spiro atoms. The molecule has 4 rings (SSSR count). The maximum atomic E-state index is 12.8. The van der Waals surface area contributed by atoms with Crippen molar-refractivity contribution in [3.05, 3.63) is 51.8 Å². The largest absolute Gasteiger partial charge is 0.340 e. The smallest absolute Gasteiger partial charge is 0.255 e. The molecule has 0 bridgehead atoms. The number of rotatable bonds is 2. The molecule has 2 aromatic rings. The number of nitrogens with zero attached hydrogens (tertiary/aromatic N) is 4. The van der Waals surface area contributed by atoms with E-state index >= 15 is 0 Å². The van der Waals surface area contributed by atoms with E-state index in [0.29, 0.717) is 11.8 Å². The predicted molar refractivity (Wildman–Crippen MR) is 101 cm³/mol. The first-order valence-electron chi connectivity index (χ1n) is 8.62. The number of hydrogen-bond donors (Lipinski definition) is 0. The maximum Gasteiger partial charge on any atom is 0.255 e. The Hall–Kier alpha value is -1.95. The zero-order valence-corrected chi connectivity index (χ0v) is 16.0. The molecule has 25 heavy (non-hydrogen) atoms. The van der Waals surface area contributed by atoms with Crippen LogP contribution in [0.2, 0.25) is 0 Å². The van der Waals surface area contributed by atoms with E-state index in [1.165, 1.54) is 0 Å². The van der Waals surface area contributed by atoms with Gasteiger partial charge in [-0.25, -0.2) is 9.97 Å². The number of fused-ring (bicyclic) bond motifs is 1. The normalized spacial score (nSPS) is 22.4. The second kappa shape index (κ2) is 6.41. The van der Waals surface area contributed by atoms with Crippen LogP contribution >= 0.6 is 15.9 Å². The summed E-state index contributed by atoms with van der Waals surface area (Å²) in [4.78, 5) is 26.2. The van der Waals surface area contributed by atoms with E-state index in [9.17, 15) is 4.79 Å². The summed E-state index contributed by atoms with van der Waals surface area (Å²) in [6.07, 6.45) is 0. The summed E-state index contributed by atoms with van der Waals surface area (Å²) in [6, 6.07) is 9.65. The Kier molecular flexibility index (Phi) is 4.23. The number of anilines is 1. The molecule has 1 amide bonds. The topological polar surface area (TPSA) is 49.3 Å². The van der Waals surface area contributed by atoms with Crippen LogP contribution in [0.15, 0.2) is 34.8 Å². The van der Waals surface area contributed by atoms with E-state index in [0.717, 1.165) is 53.6 Å². The van der Waals surface area contributed by atoms with Gasteiger partial charge in [0.2, 0.25) is 5.95 Å². The molecule has 3 heterocycles. The van der Waals surface area contributed by atoms with Crippen LogP contribution in [0.25, 0.3) is 0 Å². The Labute approximate surface area is 156 Å². The lowest BCUT2D eigenvalue weighted by Gasteiger charge is -2.22. The fourth-order valence-electron chi connectivity index (χ4n) is 3.98. The summed E-state index contributed by atoms with van der Waals surface area (Å²) in [5, 5.41) is 0. The molecule has 2 aliphatic rings. The van der Waals surface area contributed by atoms with Gasteiger partial charge in [-0.15, -0.1) is 0 Å². The summed E-state index contributed by atoms with van der Waals surface area (Å²) < 4.78 is 0.863. The van der Waals surface area contributed by atoms with Crippen molar-refractivity contribution in [3.63, 3.8) is 0 Å². The monoisotopic (exact) mass is 400 g/mol. The van der Waals surface area contributed by atoms with Crippen LogP contribution in [0.5, 0.6) is 0 Å². The Bertz CT molecular complexity index is 791. The minimum absolute atomic E-state index is 0.121. The van der Waals surface area contributed by atoms with E-state index in [2.05, 4.69) is 30.8 Å². The quantitative estimate of drug-likeness (QED) is 0.776. The third-order valence-electron chi connectivity index (χ3n) is 5.13. The van der Waals surface area contributed by atoms with Gasteiger partial charge in [0.25, 0.3) is 5.91 Å². The Balaban J connectivity index is 1.46. The van der Waals surface area contributed by atoms with E-state index in [4.69, 9.17) is 0 Å². The number of hydrogen-bond acceptors (Lipinski definition) is 4. The van der Waals surface area contributed by atoms with Gasteiger partial charge in [-0.05, 0) is 48.0 Å². The molecule has 2 fully saturated rings. The highest BCUT2D eigenvalue weighted by Gasteiger charge is 2.42. The van der Waals surface area contributed by atoms with Gasteiger partial charge in [-0.2, -0.15) is 0 Å². The van der Waals surface area contributed by atoms with Crippen molar-refractivity contribution in [2.24, 2.45) is 11.8 Å². The molecule has 130 valence electrons. The van der Waals surface area contributed by atoms with Crippen LogP contribution in [-0.4, -0.2) is 47.0 Å². The van der Waals surface area contributed by atoms with Gasteiger partial charge < -0.3 is 9.80 Å². The third kappa shape index (κ3) is 3.15. The first kappa shape index (κ1) is 16.5. The van der Waals surface area contributed by atoms with Crippen LogP contribution in [-0.2, 0) is 0 Å². The minimum Gasteiger partial charge on any atom is -0.340 e. The predicted octanol–water partition coefficient (Wildman–Crippen LogP) is 3.06. The van der Waals surface area contributed by atoms with Gasteiger partial charge in [-0.3, -0.25) is 4.79 Å². The molecule has 5 nitrogen and oxygen atoms in total. The fourth-order valence-corrected chi connectivity index (χ4v) is 4.43. The highest BCUT2D eigenvalue weighted by atomic mass is 79.9. The molecule has 2 saturated heterocycles. The Morgan fingerprint density at radius 1 is 1.04 bits per heavy atom. The van der Waals surface area contributed by atoms with E-state index in [-0.39, 0.29) is 5.91 Å². The first-order chi connectivity index (χ1) is 12.0. The molecule has 0 aliphatic carbocycles. The third-order valence-corrected chi connectivity index (χ3v) is 5.82. The standard InChI is InChI=1S/C19H21BrN4O/c1-12-7-13(2)22-19(21-12)24-10-14-8-23(9-15(14)11-24)18(25)16-5-3-4-6-17(16)20/h3-7,14-15H,8-11H2,1-2H3. The second-order valence-electron chi connectivity index (χ2n) is 7.07. The van der Waals surface area contributed by atoms with Gasteiger partial charge in [-0.1, -0.05) is 12.1 Å². The molecule has 2 aliphatic heterocycles. The molecular formula is C19H21BrN4O. The lowest BCUT2D eigenvalue weighted by atomic mass is 10.0. The van der Waals surface area contributed by atoms with Crippen molar-refractivity contribution < 1.29 is 4.79 Å². The molecule has 2 unspecified atom stereocenters. The first-order valence-corrected chi connectivity index (χ1v) is 9.41. The molecule has 2 atom stereocenters. The molecule has 1 aromatic carbocycles. The summed E-state index contributed by atoms with van der Waals surface area (Å²) in [7, 11) is 0. The number of aromatic nitrogens is 2. The minimum atomic E-state index is 0.121. The summed E-state index contributed by atoms with van der Waals surface area (Å²) in [6.45, 7) is 7.49. The number of carbonyl (C=O) groups is 1. The number of halogens is 1. The average Bonchev–Trinajstić information content (AvgIpc) is 3.12. The molecule has 0 radical (unpaired) electrons. The summed E-state index contributed by atoms with van der Waals surface area (Å²) in [5.41, 5.74) is 2.76. The number of carbonyl (C=O) groups excluding carboxylic acids is 1. The molecule has 0 N–H and O–H groups in total. The van der Waals surface area contributed by atoms with Crippen LogP contribution in [0.1, 0.15) is 21.7 Å². The SMILES string of the molecule is Cc1cc(C)nc(N2CC3CN(C(=O)c4ccccc4Br)CC3C2)n1. The maximum absolute atomic E-state index is 12.8. The summed E-state index contributed by atoms with van der Waals surface area (Å²) in [5.74, 6) is 1.94. The van der Waals surface area contributed by atoms with Crippen molar-refractivity contribution >= 4 is 27.8 Å². The number of likely N-dealkylation sites (tertiary alicyclic amines) is 1. The Morgan fingerprint density at radius 2 is 1.64 bits per heavy atom. The number of amides is 1. The van der Waals surface area contributed by atoms with Gasteiger partial charge >= 0.3 is 0 Å². The van der Waals surface area contributed by atoms with Gasteiger partial charge in [0.1, 0.15) is 0 Å². The summed E-state index contributed by atoms with van der Waals surface area (Å²) >= 11 is 3.49. The lowest BCUT2D eigenvalue weighted by molar-refractivity contribution is 0.0781. The van der Waals surface area contributed by atoms with Crippen molar-refractivity contribution in [1.29, 1.82) is 0 Å². The van der Waals surface area contributed by atoms with E-state index in [1.54, 1.807) is 0 Å². The highest BCUT2D eigenvalue weighted by Crippen LogP contribution is 2.34. The lowest BCUT2D eigenvalue weighted by Crippen LogP contribution is -2.34. The highest BCUT2D eigenvalue weighted by molar-refractivity contribution is 9.10. The van der Waals surface area contributed by atoms with Crippen molar-refractivity contribution in [2.45, 2.75) is 13.8 Å². The molecular weight excluding hydrogens is 380 g/mol. The molecule has 1 aromatic heterocycles. The van der Waals surface area contributed by atoms with Crippen LogP contribution < -0.4 is 4.90 Å². The van der Waals surface area contributed by atoms with E-state index < -0.39 is 0 Å². The van der Waals surface area contributed by atoms with Gasteiger partial charge in [0.15, 0.2) is 0 Å². The van der Waals surface area contributed by atoms with Crippen LogP contribution in [0.3, 0.4) is 0 Å². The Morgan fingerprint density at radius 3 is 2.24 bits per heavy atom. The fraction of sp³-hybridized carbons (Fsp3) is 0.421. The second-order valence-corrected chi connectivity index (χ2v) is 7.92. The molecule has 0 saturated carbocycles. The van der Waals surface area contributed by atoms with Crippen molar-refractivity contribution in [1.82, 2.24) is 14.9 Å². The van der Waals surface area contributed by atoms with Gasteiger partial charge in [0, 0.05) is 53.9 Å². The molecule has 6 heteroatoms. The van der Waals surface area contributed by atoms with Crippen molar-refractivity contribution in [3.8, 4) is 0 Å². The van der Waals surface area contributed by atoms with Crippen LogP contribution in [0.4, 0.5) is 5.95 Å². The van der Waals surface area contributed by atoms with Crippen LogP contribution in [0, 0.1) is 25.7 Å². The zero-order chi connectivity index (χ0) is 17.6. The average molecular weight is 401 g/mol. The zero-order valence-electron chi connectivity index (χ0n) is 14.4.